The lowest BCUT2D eigenvalue weighted by molar-refractivity contribution is 0.458. The first-order valence-electron chi connectivity index (χ1n) is 5.76. The maximum atomic E-state index is 13.5. The van der Waals surface area contributed by atoms with Crippen molar-refractivity contribution in [1.29, 1.82) is 0 Å². The standard InChI is InChI=1S/C13H13BrFNO3S/c1-9-10(5-6-19-9)8-16(2)20(17,18)11-3-4-12(14)13(15)7-11/h3-7H,8H2,1-2H3. The minimum absolute atomic E-state index is 0.0816. The summed E-state index contributed by atoms with van der Waals surface area (Å²) in [5, 5.41) is 0. The average molecular weight is 362 g/mol. The number of furan rings is 1. The zero-order valence-electron chi connectivity index (χ0n) is 10.9. The van der Waals surface area contributed by atoms with Gasteiger partial charge in [-0.15, -0.1) is 0 Å². The van der Waals surface area contributed by atoms with Crippen molar-refractivity contribution in [3.8, 4) is 0 Å². The third-order valence-electron chi connectivity index (χ3n) is 2.96. The topological polar surface area (TPSA) is 50.5 Å². The molecule has 0 N–H and O–H groups in total. The minimum Gasteiger partial charge on any atom is -0.469 e. The van der Waals surface area contributed by atoms with Gasteiger partial charge in [-0.2, -0.15) is 4.31 Å². The van der Waals surface area contributed by atoms with Crippen LogP contribution >= 0.6 is 15.9 Å². The molecule has 0 spiro atoms. The van der Waals surface area contributed by atoms with E-state index in [0.717, 1.165) is 15.9 Å². The molecule has 1 aromatic carbocycles. The fraction of sp³-hybridized carbons (Fsp3) is 0.231. The fourth-order valence-corrected chi connectivity index (χ4v) is 3.13. The predicted octanol–water partition coefficient (Wildman–Crippen LogP) is 3.31. The lowest BCUT2D eigenvalue weighted by atomic mass is 10.3. The van der Waals surface area contributed by atoms with E-state index in [9.17, 15) is 12.8 Å². The first-order chi connectivity index (χ1) is 9.32. The molecule has 20 heavy (non-hydrogen) atoms. The third-order valence-corrected chi connectivity index (χ3v) is 5.40. The average Bonchev–Trinajstić information content (AvgIpc) is 2.78. The van der Waals surface area contributed by atoms with Crippen molar-refractivity contribution in [2.75, 3.05) is 7.05 Å². The van der Waals surface area contributed by atoms with Gasteiger partial charge in [0.2, 0.25) is 10.0 Å². The van der Waals surface area contributed by atoms with Crippen molar-refractivity contribution in [3.63, 3.8) is 0 Å². The molecule has 0 bridgehead atoms. The summed E-state index contributed by atoms with van der Waals surface area (Å²) in [4.78, 5) is -0.0816. The molecule has 1 aromatic heterocycles. The Morgan fingerprint density at radius 2 is 2.05 bits per heavy atom. The summed E-state index contributed by atoms with van der Waals surface area (Å²) in [6.45, 7) is 1.93. The number of aryl methyl sites for hydroxylation is 1. The van der Waals surface area contributed by atoms with Crippen LogP contribution in [0.3, 0.4) is 0 Å². The van der Waals surface area contributed by atoms with Crippen LogP contribution in [-0.2, 0) is 16.6 Å². The molecule has 0 unspecified atom stereocenters. The summed E-state index contributed by atoms with van der Waals surface area (Å²) in [6.07, 6.45) is 1.50. The van der Waals surface area contributed by atoms with Gasteiger partial charge in [-0.05, 0) is 47.1 Å². The number of nitrogens with zero attached hydrogens (tertiary/aromatic N) is 1. The SMILES string of the molecule is Cc1occc1CN(C)S(=O)(=O)c1ccc(Br)c(F)c1. The minimum atomic E-state index is -3.74. The number of rotatable bonds is 4. The number of halogens is 2. The van der Waals surface area contributed by atoms with E-state index in [4.69, 9.17) is 4.42 Å². The maximum absolute atomic E-state index is 13.5. The van der Waals surface area contributed by atoms with E-state index in [1.54, 1.807) is 13.0 Å². The second kappa shape index (κ2) is 5.67. The van der Waals surface area contributed by atoms with E-state index >= 15 is 0 Å². The van der Waals surface area contributed by atoms with E-state index in [2.05, 4.69) is 15.9 Å². The van der Waals surface area contributed by atoms with Gasteiger partial charge in [-0.3, -0.25) is 0 Å². The lowest BCUT2D eigenvalue weighted by Gasteiger charge is -2.17. The summed E-state index contributed by atoms with van der Waals surface area (Å²) >= 11 is 3.00. The van der Waals surface area contributed by atoms with Gasteiger partial charge in [0, 0.05) is 19.2 Å². The molecule has 2 rings (SSSR count). The first-order valence-corrected chi connectivity index (χ1v) is 8.00. The van der Waals surface area contributed by atoms with Crippen molar-refractivity contribution in [1.82, 2.24) is 4.31 Å². The second-order valence-electron chi connectivity index (χ2n) is 4.34. The Morgan fingerprint density at radius 3 is 2.60 bits per heavy atom. The van der Waals surface area contributed by atoms with E-state index < -0.39 is 15.8 Å². The van der Waals surface area contributed by atoms with Gasteiger partial charge in [0.1, 0.15) is 11.6 Å². The molecule has 4 nitrogen and oxygen atoms in total. The molecular formula is C13H13BrFNO3S. The van der Waals surface area contributed by atoms with Crippen molar-refractivity contribution in [2.45, 2.75) is 18.4 Å². The zero-order valence-corrected chi connectivity index (χ0v) is 13.3. The highest BCUT2D eigenvalue weighted by atomic mass is 79.9. The van der Waals surface area contributed by atoms with Crippen molar-refractivity contribution in [3.05, 3.63) is 52.1 Å². The highest BCUT2D eigenvalue weighted by Crippen LogP contribution is 2.23. The molecule has 7 heteroatoms. The number of hydrogen-bond donors (Lipinski definition) is 0. The van der Waals surface area contributed by atoms with E-state index in [1.165, 1.54) is 25.4 Å². The normalized spacial score (nSPS) is 12.1. The maximum Gasteiger partial charge on any atom is 0.243 e. The van der Waals surface area contributed by atoms with Crippen LogP contribution in [0.1, 0.15) is 11.3 Å². The molecule has 0 fully saturated rings. The van der Waals surface area contributed by atoms with Gasteiger partial charge in [0.15, 0.2) is 0 Å². The lowest BCUT2D eigenvalue weighted by Crippen LogP contribution is -2.26. The first kappa shape index (κ1) is 15.2. The molecule has 1 heterocycles. The van der Waals surface area contributed by atoms with Crippen molar-refractivity contribution in [2.24, 2.45) is 0 Å². The summed E-state index contributed by atoms with van der Waals surface area (Å²) in [5.41, 5.74) is 0.772. The van der Waals surface area contributed by atoms with Gasteiger partial charge in [-0.1, -0.05) is 0 Å². The van der Waals surface area contributed by atoms with Crippen LogP contribution in [0.4, 0.5) is 4.39 Å². The van der Waals surface area contributed by atoms with Crippen LogP contribution in [0.25, 0.3) is 0 Å². The van der Waals surface area contributed by atoms with Crippen LogP contribution in [-0.4, -0.2) is 19.8 Å². The van der Waals surface area contributed by atoms with Crippen molar-refractivity contribution < 1.29 is 17.2 Å². The molecular weight excluding hydrogens is 349 g/mol. The highest BCUT2D eigenvalue weighted by Gasteiger charge is 2.23. The summed E-state index contributed by atoms with van der Waals surface area (Å²) in [5.74, 6) is 0.0491. The van der Waals surface area contributed by atoms with E-state index in [-0.39, 0.29) is 15.9 Å². The van der Waals surface area contributed by atoms with E-state index in [1.807, 2.05) is 0 Å². The number of hydrogen-bond acceptors (Lipinski definition) is 3. The monoisotopic (exact) mass is 361 g/mol. The Bertz CT molecular complexity index is 727. The molecule has 108 valence electrons. The van der Waals surface area contributed by atoms with Crippen LogP contribution in [0.5, 0.6) is 0 Å². The zero-order chi connectivity index (χ0) is 14.9. The molecule has 0 aliphatic rings. The van der Waals surface area contributed by atoms with Crippen molar-refractivity contribution >= 4 is 26.0 Å². The Kier molecular flexibility index (Phi) is 4.31. The molecule has 0 amide bonds. The summed E-state index contributed by atoms with van der Waals surface area (Å²) in [7, 11) is -2.29. The van der Waals surface area contributed by atoms with Crippen LogP contribution < -0.4 is 0 Å². The van der Waals surface area contributed by atoms with Gasteiger partial charge in [0.25, 0.3) is 0 Å². The molecule has 2 aromatic rings. The molecule has 0 saturated heterocycles. The Labute approximate surface area is 125 Å². The van der Waals surface area contributed by atoms with Crippen LogP contribution in [0.15, 0.2) is 44.3 Å². The summed E-state index contributed by atoms with van der Waals surface area (Å²) in [6, 6.07) is 5.45. The molecule has 0 atom stereocenters. The molecule has 0 aliphatic carbocycles. The quantitative estimate of drug-likeness (QED) is 0.839. The highest BCUT2D eigenvalue weighted by molar-refractivity contribution is 9.10. The summed E-state index contributed by atoms with van der Waals surface area (Å²) < 4.78 is 44.7. The molecule has 0 saturated carbocycles. The third kappa shape index (κ3) is 2.94. The Hall–Kier alpha value is -1.18. The predicted molar refractivity (Wildman–Crippen MR) is 76.2 cm³/mol. The number of sulfonamides is 1. The van der Waals surface area contributed by atoms with E-state index in [0.29, 0.717) is 5.76 Å². The number of benzene rings is 1. The largest absolute Gasteiger partial charge is 0.469 e. The molecule has 0 aliphatic heterocycles. The Balaban J connectivity index is 2.29. The van der Waals surface area contributed by atoms with Gasteiger partial charge < -0.3 is 4.42 Å². The smallest absolute Gasteiger partial charge is 0.243 e. The fourth-order valence-electron chi connectivity index (χ4n) is 1.72. The van der Waals surface area contributed by atoms with Gasteiger partial charge >= 0.3 is 0 Å². The second-order valence-corrected chi connectivity index (χ2v) is 7.24. The Morgan fingerprint density at radius 1 is 1.35 bits per heavy atom. The van der Waals surface area contributed by atoms with Crippen LogP contribution in [0.2, 0.25) is 0 Å². The molecule has 0 radical (unpaired) electrons. The van der Waals surface area contributed by atoms with Crippen LogP contribution in [0, 0.1) is 12.7 Å². The van der Waals surface area contributed by atoms with Gasteiger partial charge in [-0.25, -0.2) is 12.8 Å². The van der Waals surface area contributed by atoms with Gasteiger partial charge in [0.05, 0.1) is 15.6 Å².